The van der Waals surface area contributed by atoms with E-state index in [-0.39, 0.29) is 16.7 Å². The predicted molar refractivity (Wildman–Crippen MR) is 76.4 cm³/mol. The van der Waals surface area contributed by atoms with Crippen LogP contribution in [0.2, 0.25) is 0 Å². The first-order valence-corrected chi connectivity index (χ1v) is 7.75. The van der Waals surface area contributed by atoms with Gasteiger partial charge in [-0.2, -0.15) is 0 Å². The summed E-state index contributed by atoms with van der Waals surface area (Å²) in [6, 6.07) is 1.84. The zero-order valence-electron chi connectivity index (χ0n) is 11.1. The van der Waals surface area contributed by atoms with E-state index < -0.39 is 5.54 Å². The van der Waals surface area contributed by atoms with E-state index in [1.165, 1.54) is 24.0 Å². The number of hydrogen-bond donors (Lipinski definition) is 3. The Balaban J connectivity index is 1.68. The van der Waals surface area contributed by atoms with E-state index in [9.17, 15) is 9.59 Å². The first kappa shape index (κ1) is 13.6. The van der Waals surface area contributed by atoms with Gasteiger partial charge in [0.15, 0.2) is 5.16 Å². The van der Waals surface area contributed by atoms with Gasteiger partial charge in [0, 0.05) is 23.6 Å². The number of carbonyl (C=O) groups excluding carboxylic acids is 1. The van der Waals surface area contributed by atoms with Crippen LogP contribution in [0.15, 0.2) is 22.2 Å². The van der Waals surface area contributed by atoms with E-state index in [1.54, 1.807) is 0 Å². The lowest BCUT2D eigenvalue weighted by Gasteiger charge is -2.27. The fourth-order valence-electron chi connectivity index (χ4n) is 2.71. The van der Waals surface area contributed by atoms with Gasteiger partial charge in [-0.3, -0.25) is 9.59 Å². The van der Waals surface area contributed by atoms with Crippen LogP contribution in [0, 0.1) is 0 Å². The van der Waals surface area contributed by atoms with Crippen LogP contribution in [0.5, 0.6) is 0 Å². The minimum absolute atomic E-state index is 0.155. The average Bonchev–Trinajstić information content (AvgIpc) is 3.10. The number of nitrogens with one attached hydrogen (secondary N) is 2. The molecule has 0 aromatic carbocycles. The molecule has 2 fully saturated rings. The Hall–Kier alpha value is -1.34. The van der Waals surface area contributed by atoms with Crippen molar-refractivity contribution in [3.05, 3.63) is 22.6 Å². The molecular weight excluding hydrogens is 276 g/mol. The van der Waals surface area contributed by atoms with Crippen molar-refractivity contribution in [1.82, 2.24) is 15.3 Å². The van der Waals surface area contributed by atoms with Gasteiger partial charge in [0.1, 0.15) is 0 Å². The summed E-state index contributed by atoms with van der Waals surface area (Å²) in [6.45, 7) is 0. The van der Waals surface area contributed by atoms with Crippen molar-refractivity contribution in [2.75, 3.05) is 0 Å². The maximum Gasteiger partial charge on any atom is 0.251 e. The lowest BCUT2D eigenvalue weighted by Crippen LogP contribution is -2.54. The molecule has 1 aromatic heterocycles. The highest BCUT2D eigenvalue weighted by molar-refractivity contribution is 7.99. The summed E-state index contributed by atoms with van der Waals surface area (Å²) in [6.07, 6.45) is 6.10. The third kappa shape index (κ3) is 2.88. The van der Waals surface area contributed by atoms with E-state index >= 15 is 0 Å². The van der Waals surface area contributed by atoms with Crippen LogP contribution in [0.4, 0.5) is 0 Å². The van der Waals surface area contributed by atoms with Gasteiger partial charge in [0.2, 0.25) is 5.91 Å². The Morgan fingerprint density at radius 3 is 2.95 bits per heavy atom. The van der Waals surface area contributed by atoms with E-state index in [0.29, 0.717) is 17.6 Å². The number of aromatic amines is 1. The maximum absolute atomic E-state index is 11.8. The van der Waals surface area contributed by atoms with Gasteiger partial charge >= 0.3 is 0 Å². The van der Waals surface area contributed by atoms with Gasteiger partial charge in [-0.05, 0) is 32.1 Å². The number of nitrogens with two attached hydrogens (primary N) is 1. The van der Waals surface area contributed by atoms with Crippen LogP contribution >= 0.6 is 11.8 Å². The van der Waals surface area contributed by atoms with Crippen molar-refractivity contribution in [2.24, 2.45) is 5.73 Å². The Labute approximate surface area is 120 Å². The monoisotopic (exact) mass is 294 g/mol. The van der Waals surface area contributed by atoms with E-state index in [1.807, 2.05) is 0 Å². The molecule has 0 spiro atoms. The quantitative estimate of drug-likeness (QED) is 0.682. The summed E-state index contributed by atoms with van der Waals surface area (Å²) in [5, 5.41) is 4.27. The minimum atomic E-state index is -0.575. The average molecular weight is 294 g/mol. The number of aromatic nitrogens is 2. The molecule has 2 aliphatic carbocycles. The second-order valence-corrected chi connectivity index (χ2v) is 6.88. The van der Waals surface area contributed by atoms with Gasteiger partial charge in [0.25, 0.3) is 5.56 Å². The molecule has 6 nitrogen and oxygen atoms in total. The van der Waals surface area contributed by atoms with Crippen molar-refractivity contribution in [2.45, 2.75) is 54.1 Å². The molecule has 1 aromatic rings. The van der Waals surface area contributed by atoms with Crippen molar-refractivity contribution in [3.63, 3.8) is 0 Å². The molecule has 1 amide bonds. The number of thioether (sulfide) groups is 1. The minimum Gasteiger partial charge on any atom is -0.368 e. The molecule has 7 heteroatoms. The number of carbonyl (C=O) groups is 1. The standard InChI is InChI=1S/C13H18N4O2S/c14-11(19)13(17-8-1-2-8)5-3-9(7-13)20-12-15-6-4-10(18)16-12/h4,6,8-9,17H,1-3,5,7H2,(H2,14,19)(H,15,16,18). The Morgan fingerprint density at radius 1 is 1.50 bits per heavy atom. The highest BCUT2D eigenvalue weighted by Crippen LogP contribution is 2.40. The second-order valence-electron chi connectivity index (χ2n) is 5.59. The maximum atomic E-state index is 11.8. The van der Waals surface area contributed by atoms with Crippen LogP contribution in [0.3, 0.4) is 0 Å². The number of nitrogens with zero attached hydrogens (tertiary/aromatic N) is 1. The number of hydrogen-bond acceptors (Lipinski definition) is 5. The molecule has 0 bridgehead atoms. The van der Waals surface area contributed by atoms with E-state index in [4.69, 9.17) is 5.73 Å². The van der Waals surface area contributed by atoms with Crippen LogP contribution < -0.4 is 16.6 Å². The molecule has 0 aliphatic heterocycles. The van der Waals surface area contributed by atoms with Gasteiger partial charge in [-0.25, -0.2) is 4.98 Å². The topological polar surface area (TPSA) is 101 Å². The summed E-state index contributed by atoms with van der Waals surface area (Å²) >= 11 is 1.52. The molecule has 0 radical (unpaired) electrons. The molecule has 108 valence electrons. The molecule has 0 saturated heterocycles. The van der Waals surface area contributed by atoms with Gasteiger partial charge in [-0.15, -0.1) is 0 Å². The van der Waals surface area contributed by atoms with Crippen molar-refractivity contribution >= 4 is 17.7 Å². The fraction of sp³-hybridized carbons (Fsp3) is 0.615. The molecule has 2 saturated carbocycles. The predicted octanol–water partition coefficient (Wildman–Crippen LogP) is 0.391. The third-order valence-corrected chi connectivity index (χ3v) is 5.09. The number of primary amides is 1. The third-order valence-electron chi connectivity index (χ3n) is 3.92. The Bertz CT molecular complexity index is 571. The van der Waals surface area contributed by atoms with Crippen LogP contribution in [-0.4, -0.2) is 32.7 Å². The molecule has 1 heterocycles. The normalized spacial score (nSPS) is 29.5. The highest BCUT2D eigenvalue weighted by atomic mass is 32.2. The first-order chi connectivity index (χ1) is 9.57. The van der Waals surface area contributed by atoms with Crippen LogP contribution in [0.25, 0.3) is 0 Å². The zero-order chi connectivity index (χ0) is 14.2. The van der Waals surface area contributed by atoms with Crippen LogP contribution in [-0.2, 0) is 4.79 Å². The van der Waals surface area contributed by atoms with Crippen molar-refractivity contribution < 1.29 is 4.79 Å². The fourth-order valence-corrected chi connectivity index (χ4v) is 3.92. The molecule has 3 rings (SSSR count). The molecule has 2 atom stereocenters. The smallest absolute Gasteiger partial charge is 0.251 e. The van der Waals surface area contributed by atoms with Crippen molar-refractivity contribution in [3.8, 4) is 0 Å². The summed E-state index contributed by atoms with van der Waals surface area (Å²) in [7, 11) is 0. The van der Waals surface area contributed by atoms with E-state index in [2.05, 4.69) is 15.3 Å². The lowest BCUT2D eigenvalue weighted by atomic mass is 9.96. The molecule has 20 heavy (non-hydrogen) atoms. The Kier molecular flexibility index (Phi) is 3.55. The lowest BCUT2D eigenvalue weighted by molar-refractivity contribution is -0.124. The number of rotatable bonds is 5. The summed E-state index contributed by atoms with van der Waals surface area (Å²) in [4.78, 5) is 29.9. The van der Waals surface area contributed by atoms with Gasteiger partial charge in [0.05, 0.1) is 5.54 Å². The molecule has 2 unspecified atom stereocenters. The summed E-state index contributed by atoms with van der Waals surface area (Å²) < 4.78 is 0. The number of amides is 1. The summed E-state index contributed by atoms with van der Waals surface area (Å²) in [5.74, 6) is -0.262. The Morgan fingerprint density at radius 2 is 2.30 bits per heavy atom. The number of H-pyrrole nitrogens is 1. The van der Waals surface area contributed by atoms with Crippen molar-refractivity contribution in [1.29, 1.82) is 0 Å². The van der Waals surface area contributed by atoms with E-state index in [0.717, 1.165) is 25.7 Å². The molecule has 2 aliphatic rings. The van der Waals surface area contributed by atoms with Gasteiger partial charge < -0.3 is 16.0 Å². The molecular formula is C13H18N4O2S. The summed E-state index contributed by atoms with van der Waals surface area (Å²) in [5.41, 5.74) is 4.87. The second kappa shape index (κ2) is 5.21. The SMILES string of the molecule is NC(=O)C1(NC2CC2)CCC(Sc2nccc(=O)[nH]2)C1. The van der Waals surface area contributed by atoms with Crippen LogP contribution in [0.1, 0.15) is 32.1 Å². The molecule has 4 N–H and O–H groups in total. The zero-order valence-corrected chi connectivity index (χ0v) is 11.9. The largest absolute Gasteiger partial charge is 0.368 e. The highest BCUT2D eigenvalue weighted by Gasteiger charge is 2.47. The first-order valence-electron chi connectivity index (χ1n) is 6.87. The van der Waals surface area contributed by atoms with Gasteiger partial charge in [-0.1, -0.05) is 11.8 Å².